The fourth-order valence-corrected chi connectivity index (χ4v) is 1.93. The second kappa shape index (κ2) is 6.77. The van der Waals surface area contributed by atoms with Crippen molar-refractivity contribution in [1.29, 1.82) is 0 Å². The third kappa shape index (κ3) is 3.97. The first kappa shape index (κ1) is 13.4. The van der Waals surface area contributed by atoms with Gasteiger partial charge in [-0.05, 0) is 18.1 Å². The average Bonchev–Trinajstić information content (AvgIpc) is 2.93. The minimum atomic E-state index is -0.344. The Labute approximate surface area is 113 Å². The topological polar surface area (TPSA) is 38.3 Å². The first-order valence-corrected chi connectivity index (χ1v) is 6.34. The summed E-state index contributed by atoms with van der Waals surface area (Å²) in [6.07, 6.45) is 3.61. The Balaban J connectivity index is 1.83. The number of esters is 1. The molecule has 1 aliphatic heterocycles. The Morgan fingerprint density at radius 1 is 1.42 bits per heavy atom. The minimum Gasteiger partial charge on any atom is -0.468 e. The Hall–Kier alpha value is -2.05. The van der Waals surface area contributed by atoms with Gasteiger partial charge in [-0.2, -0.15) is 0 Å². The van der Waals surface area contributed by atoms with Crippen LogP contribution >= 0.6 is 0 Å². The molecule has 0 aromatic heterocycles. The van der Waals surface area contributed by atoms with E-state index in [4.69, 9.17) is 0 Å². The van der Waals surface area contributed by atoms with Gasteiger partial charge in [-0.15, -0.1) is 0 Å². The third-order valence-electron chi connectivity index (χ3n) is 2.97. The third-order valence-corrected chi connectivity index (χ3v) is 2.97. The summed E-state index contributed by atoms with van der Waals surface area (Å²) in [5, 5.41) is 3.05. The lowest BCUT2D eigenvalue weighted by Gasteiger charge is -2.03. The van der Waals surface area contributed by atoms with Gasteiger partial charge < -0.3 is 4.74 Å². The molecule has 0 spiro atoms. The van der Waals surface area contributed by atoms with Crippen molar-refractivity contribution in [2.45, 2.75) is 18.9 Å². The van der Waals surface area contributed by atoms with Crippen molar-refractivity contribution in [3.8, 4) is 11.8 Å². The molecule has 1 atom stereocenters. The lowest BCUT2D eigenvalue weighted by molar-refractivity contribution is -0.141. The average molecular weight is 255 g/mol. The summed E-state index contributed by atoms with van der Waals surface area (Å²) in [5.41, 5.74) is 2.26. The molecule has 1 N–H and O–H groups in total. The smallest absolute Gasteiger partial charge is 0.326 e. The second-order valence-corrected chi connectivity index (χ2v) is 4.36. The highest BCUT2D eigenvalue weighted by molar-refractivity contribution is 5.79. The van der Waals surface area contributed by atoms with E-state index in [9.17, 15) is 4.79 Å². The zero-order valence-electron chi connectivity index (χ0n) is 11.0. The van der Waals surface area contributed by atoms with Crippen LogP contribution in [0.1, 0.15) is 12.0 Å². The van der Waals surface area contributed by atoms with Gasteiger partial charge in [-0.25, -0.2) is 0 Å². The standard InChI is InChI=1S/C16H17NO2/c1-19-16(18)15-11-14(12-17-15)10-6-5-9-13-7-3-2-4-8-13/h2-4,7-8,11,15,17H,5,9,12H2,1H3/t15-/m0/s1. The van der Waals surface area contributed by atoms with Crippen LogP contribution in [0.5, 0.6) is 0 Å². The van der Waals surface area contributed by atoms with Crippen LogP contribution in [-0.4, -0.2) is 25.7 Å². The van der Waals surface area contributed by atoms with Crippen molar-refractivity contribution in [2.75, 3.05) is 13.7 Å². The van der Waals surface area contributed by atoms with Crippen LogP contribution in [-0.2, 0) is 16.0 Å². The van der Waals surface area contributed by atoms with Crippen LogP contribution in [0.15, 0.2) is 42.0 Å². The fourth-order valence-electron chi connectivity index (χ4n) is 1.93. The van der Waals surface area contributed by atoms with Crippen LogP contribution in [0.4, 0.5) is 0 Å². The molecule has 0 radical (unpaired) electrons. The van der Waals surface area contributed by atoms with E-state index in [2.05, 4.69) is 34.0 Å². The van der Waals surface area contributed by atoms with Crippen LogP contribution in [0, 0.1) is 11.8 Å². The molecule has 0 saturated carbocycles. The van der Waals surface area contributed by atoms with Crippen molar-refractivity contribution >= 4 is 5.97 Å². The maximum atomic E-state index is 11.3. The highest BCUT2D eigenvalue weighted by atomic mass is 16.5. The molecule has 19 heavy (non-hydrogen) atoms. The van der Waals surface area contributed by atoms with E-state index in [-0.39, 0.29) is 12.0 Å². The van der Waals surface area contributed by atoms with E-state index in [1.807, 2.05) is 24.3 Å². The Kier molecular flexibility index (Phi) is 4.77. The van der Waals surface area contributed by atoms with E-state index in [0.717, 1.165) is 18.4 Å². The van der Waals surface area contributed by atoms with Crippen LogP contribution in [0.25, 0.3) is 0 Å². The van der Waals surface area contributed by atoms with E-state index in [1.54, 1.807) is 0 Å². The molecular formula is C16H17NO2. The van der Waals surface area contributed by atoms with E-state index in [0.29, 0.717) is 6.54 Å². The van der Waals surface area contributed by atoms with Gasteiger partial charge in [-0.1, -0.05) is 42.2 Å². The molecule has 0 aliphatic carbocycles. The summed E-state index contributed by atoms with van der Waals surface area (Å²) in [5.74, 6) is 5.98. The summed E-state index contributed by atoms with van der Waals surface area (Å²) in [7, 11) is 1.39. The van der Waals surface area contributed by atoms with E-state index >= 15 is 0 Å². The molecule has 1 heterocycles. The van der Waals surface area contributed by atoms with Gasteiger partial charge in [0.1, 0.15) is 6.04 Å². The first-order chi connectivity index (χ1) is 9.29. The number of nitrogens with one attached hydrogen (secondary N) is 1. The molecule has 0 unspecified atom stereocenters. The van der Waals surface area contributed by atoms with Gasteiger partial charge >= 0.3 is 5.97 Å². The van der Waals surface area contributed by atoms with E-state index in [1.165, 1.54) is 12.7 Å². The molecule has 0 bridgehead atoms. The lowest BCUT2D eigenvalue weighted by atomic mass is 10.1. The molecule has 0 saturated heterocycles. The summed E-state index contributed by atoms with van der Waals surface area (Å²) in [6.45, 7) is 0.637. The van der Waals surface area contributed by atoms with Gasteiger partial charge in [0.2, 0.25) is 0 Å². The molecule has 1 aliphatic rings. The number of carbonyl (C=O) groups is 1. The van der Waals surface area contributed by atoms with Crippen LogP contribution in [0.3, 0.4) is 0 Å². The summed E-state index contributed by atoms with van der Waals surface area (Å²) >= 11 is 0. The SMILES string of the molecule is COC(=O)[C@@H]1C=C(C#CCCc2ccccc2)CN1. The maximum absolute atomic E-state index is 11.3. The highest BCUT2D eigenvalue weighted by Crippen LogP contribution is 2.06. The largest absolute Gasteiger partial charge is 0.468 e. The lowest BCUT2D eigenvalue weighted by Crippen LogP contribution is -2.31. The minimum absolute atomic E-state index is 0.263. The van der Waals surface area contributed by atoms with Crippen molar-refractivity contribution in [3.63, 3.8) is 0 Å². The zero-order chi connectivity index (χ0) is 13.5. The molecule has 3 nitrogen and oxygen atoms in total. The molecule has 0 fully saturated rings. The monoisotopic (exact) mass is 255 g/mol. The highest BCUT2D eigenvalue weighted by Gasteiger charge is 2.21. The number of aryl methyl sites for hydroxylation is 1. The maximum Gasteiger partial charge on any atom is 0.326 e. The first-order valence-electron chi connectivity index (χ1n) is 6.34. The fraction of sp³-hybridized carbons (Fsp3) is 0.312. The second-order valence-electron chi connectivity index (χ2n) is 4.36. The summed E-state index contributed by atoms with van der Waals surface area (Å²) in [6, 6.07) is 9.94. The molecule has 1 aromatic carbocycles. The number of ether oxygens (including phenoxy) is 1. The Morgan fingerprint density at radius 2 is 2.21 bits per heavy atom. The predicted octanol–water partition coefficient (Wildman–Crippen LogP) is 1.69. The van der Waals surface area contributed by atoms with Crippen LogP contribution < -0.4 is 5.32 Å². The van der Waals surface area contributed by atoms with Gasteiger partial charge in [0.25, 0.3) is 0 Å². The summed E-state index contributed by atoms with van der Waals surface area (Å²) in [4.78, 5) is 11.3. The van der Waals surface area contributed by atoms with Crippen LogP contribution in [0.2, 0.25) is 0 Å². The molecule has 3 heteroatoms. The van der Waals surface area contributed by atoms with E-state index < -0.39 is 0 Å². The number of hydrogen-bond acceptors (Lipinski definition) is 3. The molecule has 98 valence electrons. The van der Waals surface area contributed by atoms with Gasteiger partial charge in [-0.3, -0.25) is 10.1 Å². The number of benzene rings is 1. The number of carbonyl (C=O) groups excluding carboxylic acids is 1. The number of hydrogen-bond donors (Lipinski definition) is 1. The van der Waals surface area contributed by atoms with Gasteiger partial charge in [0.15, 0.2) is 0 Å². The van der Waals surface area contributed by atoms with Crippen molar-refractivity contribution in [1.82, 2.24) is 5.32 Å². The molecule has 1 aromatic rings. The van der Waals surface area contributed by atoms with Crippen molar-refractivity contribution in [3.05, 3.63) is 47.5 Å². The number of rotatable bonds is 3. The molecule has 0 amide bonds. The predicted molar refractivity (Wildman–Crippen MR) is 74.4 cm³/mol. The molecule has 2 rings (SSSR count). The Bertz CT molecular complexity index is 523. The quantitative estimate of drug-likeness (QED) is 0.660. The van der Waals surface area contributed by atoms with Crippen molar-refractivity contribution < 1.29 is 9.53 Å². The zero-order valence-corrected chi connectivity index (χ0v) is 11.0. The number of methoxy groups -OCH3 is 1. The Morgan fingerprint density at radius 3 is 2.95 bits per heavy atom. The van der Waals surface area contributed by atoms with Crippen molar-refractivity contribution in [2.24, 2.45) is 0 Å². The molecular weight excluding hydrogens is 238 g/mol. The van der Waals surface area contributed by atoms with Gasteiger partial charge in [0.05, 0.1) is 7.11 Å². The normalized spacial score (nSPS) is 17.3. The van der Waals surface area contributed by atoms with Gasteiger partial charge in [0, 0.05) is 18.5 Å². The summed E-state index contributed by atoms with van der Waals surface area (Å²) < 4.78 is 4.67.